The monoisotopic (exact) mass is 351 g/mol. The second kappa shape index (κ2) is 6.24. The molecule has 21 heavy (non-hydrogen) atoms. The number of hydrogen-bond acceptors (Lipinski definition) is 4. The fourth-order valence-corrected chi connectivity index (χ4v) is 5.30. The lowest BCUT2D eigenvalue weighted by atomic mass is 10.2. The van der Waals surface area contributed by atoms with Crippen molar-refractivity contribution in [2.45, 2.75) is 23.8 Å². The van der Waals surface area contributed by atoms with Crippen LogP contribution in [-0.2, 0) is 25.6 Å². The van der Waals surface area contributed by atoms with Gasteiger partial charge >= 0.3 is 0 Å². The predicted molar refractivity (Wildman–Crippen MR) is 83.5 cm³/mol. The molecule has 0 aromatic heterocycles. The second-order valence-electron chi connectivity index (χ2n) is 5.31. The third-order valence-electron chi connectivity index (χ3n) is 3.64. The van der Waals surface area contributed by atoms with Crippen LogP contribution in [0.5, 0.6) is 0 Å². The third-order valence-corrected chi connectivity index (χ3v) is 7.41. The Morgan fingerprint density at radius 1 is 1.19 bits per heavy atom. The van der Waals surface area contributed by atoms with E-state index in [1.54, 1.807) is 24.3 Å². The molecule has 0 bridgehead atoms. The Morgan fingerprint density at radius 3 is 2.33 bits per heavy atom. The summed E-state index contributed by atoms with van der Waals surface area (Å²) in [5.74, 6) is -0.114. The minimum atomic E-state index is -3.44. The first-order valence-corrected chi connectivity index (χ1v) is 10.5. The summed E-state index contributed by atoms with van der Waals surface area (Å²) in [6.07, 6.45) is 1.91. The Morgan fingerprint density at radius 2 is 1.81 bits per heavy atom. The van der Waals surface area contributed by atoms with Crippen LogP contribution in [0, 0.1) is 0 Å². The molecule has 0 aliphatic carbocycles. The number of rotatable bonds is 4. The SMILES string of the molecule is CS(=O)(=O)C1CCN(S(=O)(=O)Cc2cccc(Cl)c2)CC1. The molecule has 1 aromatic rings. The van der Waals surface area contributed by atoms with Crippen molar-refractivity contribution in [3.05, 3.63) is 34.9 Å². The maximum atomic E-state index is 12.4. The van der Waals surface area contributed by atoms with Crippen molar-refractivity contribution in [2.24, 2.45) is 0 Å². The maximum Gasteiger partial charge on any atom is 0.218 e. The number of sulfonamides is 1. The Labute approximate surface area is 130 Å². The first kappa shape index (κ1) is 16.7. The topological polar surface area (TPSA) is 71.5 Å². The summed E-state index contributed by atoms with van der Waals surface area (Å²) in [4.78, 5) is 0. The summed E-state index contributed by atoms with van der Waals surface area (Å²) in [5, 5.41) is 0.0635. The van der Waals surface area contributed by atoms with Gasteiger partial charge in [-0.2, -0.15) is 0 Å². The van der Waals surface area contributed by atoms with Crippen LogP contribution in [0.4, 0.5) is 0 Å². The Kier molecular flexibility index (Phi) is 4.97. The van der Waals surface area contributed by atoms with Crippen LogP contribution >= 0.6 is 11.6 Å². The van der Waals surface area contributed by atoms with Gasteiger partial charge in [0.15, 0.2) is 0 Å². The summed E-state index contributed by atoms with van der Waals surface area (Å²) >= 11 is 5.85. The minimum absolute atomic E-state index is 0.114. The van der Waals surface area contributed by atoms with Crippen LogP contribution in [0.2, 0.25) is 5.02 Å². The van der Waals surface area contributed by atoms with E-state index in [2.05, 4.69) is 0 Å². The lowest BCUT2D eigenvalue weighted by Gasteiger charge is -2.30. The molecule has 1 aliphatic rings. The van der Waals surface area contributed by atoms with E-state index < -0.39 is 25.1 Å². The smallest absolute Gasteiger partial charge is 0.218 e. The number of halogens is 1. The number of sulfone groups is 1. The van der Waals surface area contributed by atoms with E-state index in [9.17, 15) is 16.8 Å². The Balaban J connectivity index is 2.05. The van der Waals surface area contributed by atoms with E-state index in [4.69, 9.17) is 11.6 Å². The van der Waals surface area contributed by atoms with E-state index in [-0.39, 0.29) is 18.8 Å². The third kappa shape index (κ3) is 4.42. The van der Waals surface area contributed by atoms with Gasteiger partial charge in [0.25, 0.3) is 0 Å². The van der Waals surface area contributed by atoms with Crippen molar-refractivity contribution in [1.29, 1.82) is 0 Å². The fraction of sp³-hybridized carbons (Fsp3) is 0.538. The molecule has 1 aliphatic heterocycles. The van der Waals surface area contributed by atoms with Gasteiger partial charge in [0.2, 0.25) is 10.0 Å². The average molecular weight is 352 g/mol. The molecule has 0 spiro atoms. The standard InChI is InChI=1S/C13H18ClNO4S2/c1-20(16,17)13-5-7-15(8-6-13)21(18,19)10-11-3-2-4-12(14)9-11/h2-4,9,13H,5-8,10H2,1H3. The van der Waals surface area contributed by atoms with Gasteiger partial charge in [0.05, 0.1) is 11.0 Å². The van der Waals surface area contributed by atoms with E-state index >= 15 is 0 Å². The van der Waals surface area contributed by atoms with Crippen LogP contribution in [0.15, 0.2) is 24.3 Å². The number of benzene rings is 1. The first-order valence-electron chi connectivity index (χ1n) is 6.59. The van der Waals surface area contributed by atoms with Gasteiger partial charge < -0.3 is 0 Å². The lowest BCUT2D eigenvalue weighted by Crippen LogP contribution is -2.42. The van der Waals surface area contributed by atoms with Crippen molar-refractivity contribution in [1.82, 2.24) is 4.31 Å². The average Bonchev–Trinajstić information content (AvgIpc) is 2.37. The number of piperidine rings is 1. The normalized spacial score (nSPS) is 18.8. The minimum Gasteiger partial charge on any atom is -0.229 e. The second-order valence-corrected chi connectivity index (χ2v) is 10.0. The Hall–Kier alpha value is -0.630. The van der Waals surface area contributed by atoms with Gasteiger partial charge in [0, 0.05) is 24.4 Å². The van der Waals surface area contributed by atoms with E-state index in [0.717, 1.165) is 0 Å². The predicted octanol–water partition coefficient (Wildman–Crippen LogP) is 1.68. The molecular formula is C13H18ClNO4S2. The largest absolute Gasteiger partial charge is 0.229 e. The van der Waals surface area contributed by atoms with Crippen molar-refractivity contribution in [3.63, 3.8) is 0 Å². The number of nitrogens with zero attached hydrogens (tertiary/aromatic N) is 1. The zero-order valence-electron chi connectivity index (χ0n) is 11.7. The molecule has 1 heterocycles. The van der Waals surface area contributed by atoms with Gasteiger partial charge in [-0.1, -0.05) is 23.7 Å². The van der Waals surface area contributed by atoms with Crippen molar-refractivity contribution >= 4 is 31.5 Å². The fourth-order valence-electron chi connectivity index (χ4n) is 2.47. The first-order chi connectivity index (χ1) is 9.68. The van der Waals surface area contributed by atoms with Crippen molar-refractivity contribution in [3.8, 4) is 0 Å². The molecule has 0 saturated carbocycles. The van der Waals surface area contributed by atoms with Crippen LogP contribution < -0.4 is 0 Å². The van der Waals surface area contributed by atoms with Crippen molar-refractivity contribution in [2.75, 3.05) is 19.3 Å². The molecule has 5 nitrogen and oxygen atoms in total. The highest BCUT2D eigenvalue weighted by Gasteiger charge is 2.32. The van der Waals surface area contributed by atoms with E-state index in [1.807, 2.05) is 0 Å². The highest BCUT2D eigenvalue weighted by Crippen LogP contribution is 2.22. The van der Waals surface area contributed by atoms with Crippen LogP contribution in [0.3, 0.4) is 0 Å². The molecule has 0 unspecified atom stereocenters. The summed E-state index contributed by atoms with van der Waals surface area (Å²) in [5.41, 5.74) is 0.632. The van der Waals surface area contributed by atoms with Crippen LogP contribution in [0.25, 0.3) is 0 Å². The zero-order chi connectivity index (χ0) is 15.7. The maximum absolute atomic E-state index is 12.4. The zero-order valence-corrected chi connectivity index (χ0v) is 14.1. The Bertz CT molecular complexity index is 707. The molecule has 2 rings (SSSR count). The molecule has 1 aromatic carbocycles. The molecule has 118 valence electrons. The van der Waals surface area contributed by atoms with Gasteiger partial charge in [-0.25, -0.2) is 21.1 Å². The molecule has 1 fully saturated rings. The van der Waals surface area contributed by atoms with Crippen LogP contribution in [-0.4, -0.2) is 45.7 Å². The van der Waals surface area contributed by atoms with Gasteiger partial charge in [-0.3, -0.25) is 0 Å². The molecule has 1 saturated heterocycles. The van der Waals surface area contributed by atoms with Gasteiger partial charge in [0.1, 0.15) is 9.84 Å². The van der Waals surface area contributed by atoms with Gasteiger partial charge in [-0.05, 0) is 30.5 Å². The molecule has 0 N–H and O–H groups in total. The summed E-state index contributed by atoms with van der Waals surface area (Å²) < 4.78 is 49.1. The molecule has 0 atom stereocenters. The number of hydrogen-bond donors (Lipinski definition) is 0. The summed E-state index contributed by atoms with van der Waals surface area (Å²) in [6, 6.07) is 6.74. The molecular weight excluding hydrogens is 334 g/mol. The quantitative estimate of drug-likeness (QED) is 0.827. The summed E-state index contributed by atoms with van der Waals surface area (Å²) in [7, 11) is -6.54. The molecule has 8 heteroatoms. The molecule has 0 radical (unpaired) electrons. The van der Waals surface area contributed by atoms with Gasteiger partial charge in [-0.15, -0.1) is 0 Å². The van der Waals surface area contributed by atoms with E-state index in [0.29, 0.717) is 23.4 Å². The van der Waals surface area contributed by atoms with E-state index in [1.165, 1.54) is 10.6 Å². The highest BCUT2D eigenvalue weighted by molar-refractivity contribution is 7.91. The van der Waals surface area contributed by atoms with Crippen LogP contribution in [0.1, 0.15) is 18.4 Å². The lowest BCUT2D eigenvalue weighted by molar-refractivity contribution is 0.345. The summed E-state index contributed by atoms with van der Waals surface area (Å²) in [6.45, 7) is 0.501. The van der Waals surface area contributed by atoms with Crippen molar-refractivity contribution < 1.29 is 16.8 Å². The highest BCUT2D eigenvalue weighted by atomic mass is 35.5. The molecule has 0 amide bonds.